The minimum atomic E-state index is -0.0807. The molecule has 5 rings (SSSR count). The number of hydrogen-bond acceptors (Lipinski definition) is 5. The smallest absolute Gasteiger partial charge is 0.274 e. The summed E-state index contributed by atoms with van der Waals surface area (Å²) >= 11 is 1.39. The average molecular weight is 483 g/mol. The van der Waals surface area contributed by atoms with Crippen LogP contribution in [0.15, 0.2) is 83.7 Å². The number of imidazole rings is 1. The van der Waals surface area contributed by atoms with Crippen molar-refractivity contribution in [2.45, 2.75) is 20.3 Å². The first-order valence-electron chi connectivity index (χ1n) is 11.8. The van der Waals surface area contributed by atoms with E-state index < -0.39 is 0 Å². The first kappa shape index (κ1) is 22.9. The standard InChI is InChI=1S/C29H26N2O3S/c1-3-17-34-23-16-15-20(18-24(23)33-4-2)19-25-28(32)31-27(22-13-9-6-10-14-22)26(30-29(31)35-25)21-11-7-5-8-12-21/h5-16,18-19H,3-4,17H2,1-2H3/b25-19-. The second-order valence-electron chi connectivity index (χ2n) is 8.06. The summed E-state index contributed by atoms with van der Waals surface area (Å²) in [6, 6.07) is 25.7. The van der Waals surface area contributed by atoms with Crippen LogP contribution in [0.3, 0.4) is 0 Å². The molecule has 35 heavy (non-hydrogen) atoms. The molecule has 3 aromatic carbocycles. The first-order chi connectivity index (χ1) is 17.2. The van der Waals surface area contributed by atoms with Gasteiger partial charge >= 0.3 is 0 Å². The molecule has 5 nitrogen and oxygen atoms in total. The molecule has 0 bridgehead atoms. The van der Waals surface area contributed by atoms with Gasteiger partial charge in [-0.3, -0.25) is 4.79 Å². The average Bonchev–Trinajstić information content (AvgIpc) is 3.41. The van der Waals surface area contributed by atoms with Crippen LogP contribution in [0.1, 0.15) is 25.8 Å². The lowest BCUT2D eigenvalue weighted by Crippen LogP contribution is -2.23. The highest BCUT2D eigenvalue weighted by molar-refractivity contribution is 7.15. The first-order valence-corrected chi connectivity index (χ1v) is 12.6. The summed E-state index contributed by atoms with van der Waals surface area (Å²) in [4.78, 5) is 19.2. The zero-order valence-electron chi connectivity index (χ0n) is 19.7. The van der Waals surface area contributed by atoms with Gasteiger partial charge in [0.25, 0.3) is 5.56 Å². The van der Waals surface area contributed by atoms with Gasteiger partial charge < -0.3 is 9.47 Å². The Morgan fingerprint density at radius 3 is 2.29 bits per heavy atom. The van der Waals surface area contributed by atoms with E-state index in [2.05, 4.69) is 6.92 Å². The lowest BCUT2D eigenvalue weighted by molar-refractivity contribution is 0.277. The van der Waals surface area contributed by atoms with Crippen LogP contribution in [0.4, 0.5) is 0 Å². The van der Waals surface area contributed by atoms with E-state index in [0.717, 1.165) is 34.5 Å². The number of nitrogens with zero attached hydrogens (tertiary/aromatic N) is 2. The van der Waals surface area contributed by atoms with E-state index >= 15 is 0 Å². The summed E-state index contributed by atoms with van der Waals surface area (Å²) in [5, 5.41) is 0. The Morgan fingerprint density at radius 2 is 1.60 bits per heavy atom. The minimum Gasteiger partial charge on any atom is -0.490 e. The number of thiazole rings is 1. The third-order valence-electron chi connectivity index (χ3n) is 5.58. The lowest BCUT2D eigenvalue weighted by Gasteiger charge is -2.11. The van der Waals surface area contributed by atoms with Gasteiger partial charge in [0.05, 0.1) is 29.1 Å². The monoisotopic (exact) mass is 482 g/mol. The molecule has 2 heterocycles. The van der Waals surface area contributed by atoms with Crippen molar-refractivity contribution in [1.29, 1.82) is 0 Å². The molecule has 0 spiro atoms. The van der Waals surface area contributed by atoms with Gasteiger partial charge in [0, 0.05) is 11.1 Å². The second kappa shape index (κ2) is 10.2. The maximum Gasteiger partial charge on any atom is 0.274 e. The summed E-state index contributed by atoms with van der Waals surface area (Å²) in [5.41, 5.74) is 4.35. The van der Waals surface area contributed by atoms with Crippen LogP contribution in [0, 0.1) is 0 Å². The molecule has 6 heteroatoms. The Hall–Kier alpha value is -3.90. The van der Waals surface area contributed by atoms with Crippen molar-refractivity contribution < 1.29 is 9.47 Å². The fraction of sp³-hybridized carbons (Fsp3) is 0.172. The predicted molar refractivity (Wildman–Crippen MR) is 142 cm³/mol. The summed E-state index contributed by atoms with van der Waals surface area (Å²) in [7, 11) is 0. The third-order valence-corrected chi connectivity index (χ3v) is 6.55. The minimum absolute atomic E-state index is 0.0807. The number of ether oxygens (including phenoxy) is 2. The second-order valence-corrected chi connectivity index (χ2v) is 9.07. The lowest BCUT2D eigenvalue weighted by atomic mass is 10.1. The van der Waals surface area contributed by atoms with Crippen molar-refractivity contribution >= 4 is 22.4 Å². The molecule has 0 aliphatic carbocycles. The van der Waals surface area contributed by atoms with E-state index in [1.165, 1.54) is 11.3 Å². The van der Waals surface area contributed by atoms with Gasteiger partial charge in [-0.2, -0.15) is 0 Å². The van der Waals surface area contributed by atoms with E-state index in [0.29, 0.717) is 34.2 Å². The molecular weight excluding hydrogens is 456 g/mol. The predicted octanol–water partition coefficient (Wildman–Crippen LogP) is 5.83. The number of rotatable bonds is 8. The van der Waals surface area contributed by atoms with Crippen molar-refractivity contribution in [1.82, 2.24) is 9.38 Å². The van der Waals surface area contributed by atoms with Gasteiger partial charge in [-0.1, -0.05) is 85.0 Å². The fourth-order valence-corrected chi connectivity index (χ4v) is 5.00. The van der Waals surface area contributed by atoms with Crippen LogP contribution >= 0.6 is 11.3 Å². The molecule has 0 fully saturated rings. The molecule has 0 aliphatic rings. The van der Waals surface area contributed by atoms with Crippen molar-refractivity contribution in [3.05, 3.63) is 99.3 Å². The third kappa shape index (κ3) is 4.57. The number of hydrogen-bond donors (Lipinski definition) is 0. The van der Waals surface area contributed by atoms with Crippen LogP contribution in [0.25, 0.3) is 33.6 Å². The van der Waals surface area contributed by atoms with E-state index in [-0.39, 0.29) is 5.56 Å². The Morgan fingerprint density at radius 1 is 0.886 bits per heavy atom. The maximum atomic E-state index is 13.6. The van der Waals surface area contributed by atoms with Crippen LogP contribution < -0.4 is 19.6 Å². The SMILES string of the molecule is CCCOc1ccc(/C=c2\sc3nc(-c4ccccc4)c(-c4ccccc4)n3c2=O)cc1OCC. The molecule has 0 saturated heterocycles. The topological polar surface area (TPSA) is 52.8 Å². The summed E-state index contributed by atoms with van der Waals surface area (Å²) in [5.74, 6) is 1.40. The highest BCUT2D eigenvalue weighted by Gasteiger charge is 2.20. The Bertz CT molecular complexity index is 1560. The van der Waals surface area contributed by atoms with Gasteiger partial charge in [0.2, 0.25) is 0 Å². The van der Waals surface area contributed by atoms with E-state index in [1.807, 2.05) is 91.9 Å². The molecule has 0 unspecified atom stereocenters. The van der Waals surface area contributed by atoms with Crippen molar-refractivity contribution in [3.8, 4) is 34.0 Å². The molecule has 176 valence electrons. The van der Waals surface area contributed by atoms with Gasteiger partial charge in [0.15, 0.2) is 16.5 Å². The van der Waals surface area contributed by atoms with Crippen molar-refractivity contribution in [3.63, 3.8) is 0 Å². The highest BCUT2D eigenvalue weighted by Crippen LogP contribution is 2.33. The maximum absolute atomic E-state index is 13.6. The van der Waals surface area contributed by atoms with E-state index in [9.17, 15) is 4.79 Å². The quantitative estimate of drug-likeness (QED) is 0.279. The van der Waals surface area contributed by atoms with Crippen LogP contribution in [-0.4, -0.2) is 22.6 Å². The fourth-order valence-electron chi connectivity index (χ4n) is 4.02. The van der Waals surface area contributed by atoms with Crippen molar-refractivity contribution in [2.75, 3.05) is 13.2 Å². The number of aromatic nitrogens is 2. The van der Waals surface area contributed by atoms with Gasteiger partial charge in [0.1, 0.15) is 0 Å². The van der Waals surface area contributed by atoms with Gasteiger partial charge in [-0.15, -0.1) is 0 Å². The molecule has 0 atom stereocenters. The van der Waals surface area contributed by atoms with Crippen LogP contribution in [0.5, 0.6) is 11.5 Å². The largest absolute Gasteiger partial charge is 0.490 e. The summed E-state index contributed by atoms with van der Waals surface area (Å²) in [6.45, 7) is 5.17. The molecular formula is C29H26N2O3S. The van der Waals surface area contributed by atoms with Crippen molar-refractivity contribution in [2.24, 2.45) is 0 Å². The summed E-state index contributed by atoms with van der Waals surface area (Å²) in [6.07, 6.45) is 2.81. The van der Waals surface area contributed by atoms with E-state index in [1.54, 1.807) is 4.40 Å². The molecule has 2 aromatic heterocycles. The molecule has 0 radical (unpaired) electrons. The van der Waals surface area contributed by atoms with Crippen LogP contribution in [0.2, 0.25) is 0 Å². The molecule has 5 aromatic rings. The van der Waals surface area contributed by atoms with E-state index in [4.69, 9.17) is 14.5 Å². The van der Waals surface area contributed by atoms with Gasteiger partial charge in [-0.05, 0) is 37.1 Å². The molecule has 0 aliphatic heterocycles. The molecule has 0 N–H and O–H groups in total. The zero-order valence-corrected chi connectivity index (χ0v) is 20.5. The Kier molecular flexibility index (Phi) is 6.64. The van der Waals surface area contributed by atoms with Gasteiger partial charge in [-0.25, -0.2) is 9.38 Å². The zero-order chi connectivity index (χ0) is 24.2. The number of benzene rings is 3. The molecule has 0 saturated carbocycles. The van der Waals surface area contributed by atoms with Crippen LogP contribution in [-0.2, 0) is 0 Å². The highest BCUT2D eigenvalue weighted by atomic mass is 32.1. The normalized spacial score (nSPS) is 11.8. The Balaban J connectivity index is 1.66. The molecule has 0 amide bonds. The summed E-state index contributed by atoms with van der Waals surface area (Å²) < 4.78 is 14.0. The Labute approximate surface area is 207 Å². The number of fused-ring (bicyclic) bond motifs is 1.